The van der Waals surface area contributed by atoms with Gasteiger partial charge in [-0.1, -0.05) is 35.9 Å². The first-order valence-corrected chi connectivity index (χ1v) is 10.2. The van der Waals surface area contributed by atoms with Crippen molar-refractivity contribution < 1.29 is 0 Å². The number of H-pyrrole nitrogens is 1. The average molecular weight is 439 g/mol. The summed E-state index contributed by atoms with van der Waals surface area (Å²) in [7, 11) is 0. The quantitative estimate of drug-likeness (QED) is 0.432. The Balaban J connectivity index is 1.71. The van der Waals surface area contributed by atoms with E-state index in [2.05, 4.69) is 19.9 Å². The Morgan fingerprint density at radius 2 is 1.78 bits per heavy atom. The van der Waals surface area contributed by atoms with Gasteiger partial charge in [0, 0.05) is 11.6 Å². The van der Waals surface area contributed by atoms with E-state index in [1.54, 1.807) is 4.57 Å². The molecule has 3 heterocycles. The molecule has 9 heteroatoms. The Bertz CT molecular complexity index is 1550. The van der Waals surface area contributed by atoms with Crippen LogP contribution in [0.5, 0.6) is 0 Å². The van der Waals surface area contributed by atoms with Gasteiger partial charge < -0.3 is 15.3 Å². The van der Waals surface area contributed by atoms with E-state index in [9.17, 15) is 10.5 Å². The minimum absolute atomic E-state index is 0.0438. The van der Waals surface area contributed by atoms with Gasteiger partial charge in [-0.15, -0.1) is 0 Å². The molecule has 154 valence electrons. The van der Waals surface area contributed by atoms with Crippen molar-refractivity contribution in [3.63, 3.8) is 0 Å². The lowest BCUT2D eigenvalue weighted by Crippen LogP contribution is -2.07. The van der Waals surface area contributed by atoms with E-state index in [1.807, 2.05) is 60.7 Å². The molecule has 0 fully saturated rings. The number of fused-ring (bicyclic) bond motifs is 2. The molecular weight excluding hydrogens is 424 g/mol. The maximum absolute atomic E-state index is 9.46. The highest BCUT2D eigenvalue weighted by molar-refractivity contribution is 6.30. The number of nitrogens with one attached hydrogen (secondary N) is 1. The first-order chi connectivity index (χ1) is 15.6. The maximum atomic E-state index is 9.46. The van der Waals surface area contributed by atoms with E-state index >= 15 is 0 Å². The Labute approximate surface area is 187 Å². The van der Waals surface area contributed by atoms with Crippen LogP contribution in [0.25, 0.3) is 33.6 Å². The third-order valence-corrected chi connectivity index (χ3v) is 5.50. The first kappa shape index (κ1) is 19.6. The highest BCUT2D eigenvalue weighted by Crippen LogP contribution is 2.35. The van der Waals surface area contributed by atoms with E-state index < -0.39 is 0 Å². The number of benzene rings is 2. The summed E-state index contributed by atoms with van der Waals surface area (Å²) in [4.78, 5) is 16.8. The van der Waals surface area contributed by atoms with Crippen molar-refractivity contribution in [3.05, 3.63) is 70.5 Å². The lowest BCUT2D eigenvalue weighted by atomic mass is 10.1. The van der Waals surface area contributed by atoms with Gasteiger partial charge in [0.1, 0.15) is 29.3 Å². The number of nitrogens with zero attached hydrogens (tertiary/aromatic N) is 6. The number of anilines is 1. The van der Waals surface area contributed by atoms with Crippen molar-refractivity contribution in [2.75, 3.05) is 5.73 Å². The van der Waals surface area contributed by atoms with E-state index in [-0.39, 0.29) is 11.4 Å². The summed E-state index contributed by atoms with van der Waals surface area (Å²) >= 11 is 6.12. The van der Waals surface area contributed by atoms with Crippen molar-refractivity contribution >= 4 is 39.6 Å². The van der Waals surface area contributed by atoms with E-state index in [4.69, 9.17) is 17.3 Å². The largest absolute Gasteiger partial charge is 0.384 e. The molecule has 32 heavy (non-hydrogen) atoms. The van der Waals surface area contributed by atoms with Gasteiger partial charge in [-0.3, -0.25) is 0 Å². The lowest BCUT2D eigenvalue weighted by Gasteiger charge is -2.08. The topological polar surface area (TPSA) is 133 Å². The number of hydrogen-bond donors (Lipinski definition) is 2. The predicted octanol–water partition coefficient (Wildman–Crippen LogP) is 4.20. The van der Waals surface area contributed by atoms with Gasteiger partial charge >= 0.3 is 0 Å². The van der Waals surface area contributed by atoms with Crippen LogP contribution in [-0.4, -0.2) is 24.5 Å². The summed E-state index contributed by atoms with van der Waals surface area (Å²) in [6, 6.07) is 19.1. The molecule has 0 radical (unpaired) electrons. The van der Waals surface area contributed by atoms with E-state index in [1.165, 1.54) is 0 Å². The monoisotopic (exact) mass is 438 g/mol. The van der Waals surface area contributed by atoms with Gasteiger partial charge in [-0.05, 0) is 36.2 Å². The normalized spacial score (nSPS) is 11.0. The van der Waals surface area contributed by atoms with Crippen LogP contribution >= 0.6 is 11.6 Å². The number of nitriles is 2. The third-order valence-electron chi connectivity index (χ3n) is 5.27. The van der Waals surface area contributed by atoms with Crippen molar-refractivity contribution in [2.45, 2.75) is 13.0 Å². The van der Waals surface area contributed by atoms with Crippen molar-refractivity contribution in [3.8, 4) is 23.5 Å². The van der Waals surface area contributed by atoms with Gasteiger partial charge in [0.2, 0.25) is 0 Å². The molecule has 5 aromatic rings. The van der Waals surface area contributed by atoms with Gasteiger partial charge in [0.05, 0.1) is 16.6 Å². The standard InChI is InChI=1S/C23H15ClN8/c24-14-5-3-4-13(10-14)8-9-32-21(27)19(22-29-15-6-1-2-7-16(15)30-22)20-23(32)31-18(12-26)17(11-25)28-20/h1-7,10H,8-9,27H2,(H,29,30). The minimum Gasteiger partial charge on any atom is -0.384 e. The second-order valence-electron chi connectivity index (χ2n) is 7.21. The first-order valence-electron chi connectivity index (χ1n) is 9.78. The van der Waals surface area contributed by atoms with Crippen LogP contribution in [0, 0.1) is 22.7 Å². The van der Waals surface area contributed by atoms with Crippen LogP contribution in [-0.2, 0) is 13.0 Å². The smallest absolute Gasteiger partial charge is 0.179 e. The van der Waals surface area contributed by atoms with Gasteiger partial charge in [0.15, 0.2) is 17.0 Å². The molecule has 0 aliphatic rings. The van der Waals surface area contributed by atoms with Crippen LogP contribution in [0.15, 0.2) is 48.5 Å². The number of rotatable bonds is 4. The van der Waals surface area contributed by atoms with Crippen molar-refractivity contribution in [1.82, 2.24) is 24.5 Å². The van der Waals surface area contributed by atoms with E-state index in [0.29, 0.717) is 46.4 Å². The van der Waals surface area contributed by atoms with E-state index in [0.717, 1.165) is 16.6 Å². The number of hydrogen-bond acceptors (Lipinski definition) is 6. The molecule has 0 unspecified atom stereocenters. The maximum Gasteiger partial charge on any atom is 0.179 e. The highest BCUT2D eigenvalue weighted by Gasteiger charge is 2.24. The van der Waals surface area contributed by atoms with Crippen LogP contribution in [0.3, 0.4) is 0 Å². The zero-order valence-corrected chi connectivity index (χ0v) is 17.4. The SMILES string of the molecule is N#Cc1nc2c(-c3nc4ccccc4[nH]3)c(N)n(CCc3cccc(Cl)c3)c2nc1C#N. The Kier molecular flexibility index (Phi) is 4.70. The summed E-state index contributed by atoms with van der Waals surface area (Å²) in [5.41, 5.74) is 10.5. The molecule has 2 aromatic carbocycles. The molecule has 3 aromatic heterocycles. The fraction of sp³-hybridized carbons (Fsp3) is 0.0870. The van der Waals surface area contributed by atoms with Gasteiger partial charge in [0.25, 0.3) is 0 Å². The predicted molar refractivity (Wildman–Crippen MR) is 122 cm³/mol. The third kappa shape index (κ3) is 3.20. The second kappa shape index (κ2) is 7.69. The number of halogens is 1. The average Bonchev–Trinajstić information content (AvgIpc) is 3.34. The van der Waals surface area contributed by atoms with Gasteiger partial charge in [-0.25, -0.2) is 15.0 Å². The number of aryl methyl sites for hydroxylation is 2. The second-order valence-corrected chi connectivity index (χ2v) is 7.65. The molecule has 0 atom stereocenters. The Morgan fingerprint density at radius 3 is 2.53 bits per heavy atom. The molecule has 5 rings (SSSR count). The zero-order chi connectivity index (χ0) is 22.2. The molecular formula is C23H15ClN8. The molecule has 0 aliphatic heterocycles. The Morgan fingerprint density at radius 1 is 1.00 bits per heavy atom. The number of aromatic nitrogens is 5. The molecule has 0 bridgehead atoms. The number of para-hydroxylation sites is 2. The van der Waals surface area contributed by atoms with Crippen molar-refractivity contribution in [2.24, 2.45) is 0 Å². The lowest BCUT2D eigenvalue weighted by molar-refractivity contribution is 0.724. The van der Waals surface area contributed by atoms with Gasteiger partial charge in [-0.2, -0.15) is 10.5 Å². The fourth-order valence-corrected chi connectivity index (χ4v) is 3.99. The number of aromatic amines is 1. The molecule has 3 N–H and O–H groups in total. The van der Waals surface area contributed by atoms with Crippen LogP contribution in [0.4, 0.5) is 5.82 Å². The summed E-state index contributed by atoms with van der Waals surface area (Å²) in [5, 5.41) is 19.6. The number of imidazole rings is 1. The molecule has 0 aliphatic carbocycles. The number of nitrogens with two attached hydrogens (primary N) is 1. The minimum atomic E-state index is -0.0515. The van der Waals surface area contributed by atoms with Crippen LogP contribution < -0.4 is 5.73 Å². The van der Waals surface area contributed by atoms with Crippen molar-refractivity contribution in [1.29, 1.82) is 10.5 Å². The summed E-state index contributed by atoms with van der Waals surface area (Å²) in [5.74, 6) is 0.929. The molecule has 0 saturated carbocycles. The zero-order valence-electron chi connectivity index (χ0n) is 16.7. The summed E-state index contributed by atoms with van der Waals surface area (Å²) < 4.78 is 1.80. The van der Waals surface area contributed by atoms with Crippen LogP contribution in [0.2, 0.25) is 5.02 Å². The van der Waals surface area contributed by atoms with Crippen LogP contribution in [0.1, 0.15) is 17.0 Å². The summed E-state index contributed by atoms with van der Waals surface area (Å²) in [6.45, 7) is 0.481. The Hall–Kier alpha value is -4.40. The number of nitrogen functional groups attached to an aromatic ring is 1. The molecule has 0 spiro atoms. The molecule has 0 amide bonds. The fourth-order valence-electron chi connectivity index (χ4n) is 3.77. The summed E-state index contributed by atoms with van der Waals surface area (Å²) in [6.07, 6.45) is 0.637. The molecule has 8 nitrogen and oxygen atoms in total. The highest BCUT2D eigenvalue weighted by atomic mass is 35.5. The molecule has 0 saturated heterocycles.